The van der Waals surface area contributed by atoms with Gasteiger partial charge in [0.05, 0.1) is 48.7 Å². The summed E-state index contributed by atoms with van der Waals surface area (Å²) in [5.41, 5.74) is 4.11. The molecule has 0 amide bonds. The summed E-state index contributed by atoms with van der Waals surface area (Å²) in [6.45, 7) is 1.95. The Balaban J connectivity index is 1.50. The summed E-state index contributed by atoms with van der Waals surface area (Å²) >= 11 is 0. The van der Waals surface area contributed by atoms with Crippen LogP contribution in [-0.2, 0) is 20.6 Å². The van der Waals surface area contributed by atoms with Crippen LogP contribution in [0.25, 0.3) is 0 Å². The van der Waals surface area contributed by atoms with Crippen LogP contribution in [0.3, 0.4) is 0 Å². The van der Waals surface area contributed by atoms with Gasteiger partial charge in [0.1, 0.15) is 29.0 Å². The van der Waals surface area contributed by atoms with E-state index in [1.165, 1.54) is 19.2 Å². The Bertz CT molecular complexity index is 1340. The third-order valence-corrected chi connectivity index (χ3v) is 8.10. The highest BCUT2D eigenvalue weighted by Gasteiger charge is 2.54. The largest absolute Gasteiger partial charge is 0.507 e. The van der Waals surface area contributed by atoms with Gasteiger partial charge >= 0.3 is 0 Å². The van der Waals surface area contributed by atoms with E-state index in [0.717, 1.165) is 0 Å². The van der Waals surface area contributed by atoms with Gasteiger partial charge in [-0.3, -0.25) is 9.59 Å². The topological polar surface area (TPSA) is 181 Å². The lowest BCUT2D eigenvalue weighted by molar-refractivity contribution is -0.248. The zero-order chi connectivity index (χ0) is 27.1. The van der Waals surface area contributed by atoms with Crippen molar-refractivity contribution in [2.45, 2.75) is 68.5 Å². The zero-order valence-corrected chi connectivity index (χ0v) is 20.8. The van der Waals surface area contributed by atoms with Crippen molar-refractivity contribution in [2.24, 2.45) is 5.73 Å². The number of aromatic hydroxyl groups is 2. The number of epoxide rings is 1. The minimum Gasteiger partial charge on any atom is -0.507 e. The molecule has 6 rings (SSSR count). The number of carbonyl (C=O) groups excluding carboxylic acids is 2. The summed E-state index contributed by atoms with van der Waals surface area (Å²) in [7, 11) is 1.37. The van der Waals surface area contributed by atoms with Gasteiger partial charge < -0.3 is 45.1 Å². The highest BCUT2D eigenvalue weighted by molar-refractivity contribution is 6.31. The lowest BCUT2D eigenvalue weighted by Crippen LogP contribution is -2.52. The van der Waals surface area contributed by atoms with Crippen LogP contribution in [0.5, 0.6) is 17.2 Å². The van der Waals surface area contributed by atoms with E-state index in [2.05, 4.69) is 0 Å². The maximum atomic E-state index is 13.7. The first-order chi connectivity index (χ1) is 18.1. The Labute approximate surface area is 217 Å². The smallest absolute Gasteiger partial charge is 0.202 e. The van der Waals surface area contributed by atoms with Crippen molar-refractivity contribution in [1.82, 2.24) is 0 Å². The normalized spacial score (nSPS) is 33.8. The molecule has 0 radical (unpaired) electrons. The summed E-state index contributed by atoms with van der Waals surface area (Å²) in [5.74, 6) is -2.19. The molecule has 11 heteroatoms. The Morgan fingerprint density at radius 1 is 1.11 bits per heavy atom. The van der Waals surface area contributed by atoms with E-state index in [4.69, 9.17) is 24.7 Å². The highest BCUT2D eigenvalue weighted by Crippen LogP contribution is 2.54. The zero-order valence-electron chi connectivity index (χ0n) is 20.8. The minimum absolute atomic E-state index is 0.0114. The first-order valence-corrected chi connectivity index (χ1v) is 12.5. The van der Waals surface area contributed by atoms with Crippen LogP contribution in [0.2, 0.25) is 0 Å². The van der Waals surface area contributed by atoms with E-state index >= 15 is 0 Å². The fourth-order valence-electron chi connectivity index (χ4n) is 6.02. The van der Waals surface area contributed by atoms with Crippen LogP contribution >= 0.6 is 0 Å². The number of carbonyl (C=O) groups is 2. The molecule has 0 bridgehead atoms. The molecule has 4 aliphatic rings. The second-order valence-electron chi connectivity index (χ2n) is 10.5. The number of aliphatic hydroxyl groups is 2. The van der Waals surface area contributed by atoms with E-state index in [9.17, 15) is 30.0 Å². The molecular formula is C27H29NO10. The van der Waals surface area contributed by atoms with E-state index < -0.39 is 65.4 Å². The molecule has 11 nitrogen and oxygen atoms in total. The highest BCUT2D eigenvalue weighted by atomic mass is 16.7. The molecule has 202 valence electrons. The Hall–Kier alpha value is -3.06. The first-order valence-electron chi connectivity index (χ1n) is 12.5. The van der Waals surface area contributed by atoms with Crippen molar-refractivity contribution in [3.8, 4) is 17.2 Å². The molecule has 2 saturated heterocycles. The van der Waals surface area contributed by atoms with E-state index in [0.29, 0.717) is 6.61 Å². The predicted octanol–water partition coefficient (Wildman–Crippen LogP) is 0.839. The van der Waals surface area contributed by atoms with Crippen LogP contribution in [0.15, 0.2) is 18.2 Å². The number of phenols is 2. The summed E-state index contributed by atoms with van der Waals surface area (Å²) in [5, 5.41) is 44.6. The van der Waals surface area contributed by atoms with Gasteiger partial charge in [-0.15, -0.1) is 0 Å². The number of fused-ring (bicyclic) bond motifs is 3. The van der Waals surface area contributed by atoms with Crippen molar-refractivity contribution in [3.63, 3.8) is 0 Å². The van der Waals surface area contributed by atoms with E-state index in [1.54, 1.807) is 13.0 Å². The molecule has 2 heterocycles. The molecule has 2 fully saturated rings. The van der Waals surface area contributed by atoms with Gasteiger partial charge in [0.2, 0.25) is 5.78 Å². The van der Waals surface area contributed by atoms with Crippen LogP contribution in [0, 0.1) is 0 Å². The second kappa shape index (κ2) is 8.73. The summed E-state index contributed by atoms with van der Waals surface area (Å²) < 4.78 is 22.7. The van der Waals surface area contributed by atoms with Crippen LogP contribution in [0.1, 0.15) is 68.8 Å². The van der Waals surface area contributed by atoms with Crippen molar-refractivity contribution >= 4 is 11.6 Å². The number of ketones is 2. The van der Waals surface area contributed by atoms with Crippen LogP contribution in [0.4, 0.5) is 0 Å². The van der Waals surface area contributed by atoms with Gasteiger partial charge in [0, 0.05) is 42.0 Å². The third kappa shape index (κ3) is 3.65. The quantitative estimate of drug-likeness (QED) is 0.239. The number of ether oxygens (including phenoxy) is 4. The van der Waals surface area contributed by atoms with E-state index in [1.807, 2.05) is 0 Å². The predicted molar refractivity (Wildman–Crippen MR) is 129 cm³/mol. The van der Waals surface area contributed by atoms with Crippen LogP contribution in [-0.4, -0.2) is 82.0 Å². The summed E-state index contributed by atoms with van der Waals surface area (Å²) in [6, 6.07) is 3.91. The molecule has 6 N–H and O–H groups in total. The van der Waals surface area contributed by atoms with Crippen molar-refractivity contribution < 1.29 is 49.0 Å². The summed E-state index contributed by atoms with van der Waals surface area (Å²) in [4.78, 5) is 27.2. The second-order valence-corrected chi connectivity index (χ2v) is 10.5. The lowest BCUT2D eigenvalue weighted by atomic mass is 9.72. The summed E-state index contributed by atoms with van der Waals surface area (Å²) in [6.07, 6.45) is -4.05. The Morgan fingerprint density at radius 3 is 2.47 bits per heavy atom. The van der Waals surface area contributed by atoms with Gasteiger partial charge in [-0.2, -0.15) is 0 Å². The average Bonchev–Trinajstić information content (AvgIpc) is 3.73. The third-order valence-electron chi connectivity index (χ3n) is 8.10. The van der Waals surface area contributed by atoms with Gasteiger partial charge in [-0.1, -0.05) is 12.1 Å². The average molecular weight is 528 g/mol. The molecule has 0 spiro atoms. The van der Waals surface area contributed by atoms with Gasteiger partial charge in [-0.25, -0.2) is 0 Å². The van der Waals surface area contributed by atoms with Gasteiger partial charge in [0.15, 0.2) is 12.1 Å². The lowest BCUT2D eigenvalue weighted by Gasteiger charge is -2.42. The maximum absolute atomic E-state index is 13.7. The standard InChI is InChI=1S/C27H29NO10/c1-10-22(29)13(28)6-17(37-10)38-15-8-27(34,16-9-36-16)7-12-19(15)26(33)21-20(24(12)31)23(30)11-4-3-5-14(35-2)18(11)25(21)32/h3-5,10,13,15-17,22,29,31,33-34H,6-9,28H2,1-2H3. The monoisotopic (exact) mass is 527 g/mol. The molecular weight excluding hydrogens is 498 g/mol. The van der Waals surface area contributed by atoms with Crippen molar-refractivity contribution in [2.75, 3.05) is 13.7 Å². The SMILES string of the molecule is COc1cccc2c1C(=O)c1c(O)c3c(c(O)c1C2=O)CC(O)(C1CO1)CC3OC1CC(N)C(O)C(C)O1. The number of aliphatic hydroxyl groups excluding tert-OH is 1. The number of hydrogen-bond acceptors (Lipinski definition) is 11. The Morgan fingerprint density at radius 2 is 1.82 bits per heavy atom. The number of phenolic OH excluding ortho intramolecular Hbond substituents is 2. The molecule has 2 aliphatic carbocycles. The molecule has 0 saturated carbocycles. The molecule has 38 heavy (non-hydrogen) atoms. The molecule has 2 aromatic carbocycles. The molecule has 7 atom stereocenters. The number of methoxy groups -OCH3 is 1. The number of rotatable bonds is 4. The van der Waals surface area contributed by atoms with Gasteiger partial charge in [0.25, 0.3) is 0 Å². The molecule has 2 aliphatic heterocycles. The number of benzene rings is 2. The molecule has 2 aromatic rings. The van der Waals surface area contributed by atoms with E-state index in [-0.39, 0.29) is 58.4 Å². The maximum Gasteiger partial charge on any atom is 0.202 e. The molecule has 7 unspecified atom stereocenters. The van der Waals surface area contributed by atoms with Crippen LogP contribution < -0.4 is 10.5 Å². The Kier molecular flexibility index (Phi) is 5.80. The first kappa shape index (κ1) is 25.2. The van der Waals surface area contributed by atoms with Crippen molar-refractivity contribution in [1.29, 1.82) is 0 Å². The number of nitrogens with two attached hydrogens (primary N) is 1. The fourth-order valence-corrected chi connectivity index (χ4v) is 6.02. The minimum atomic E-state index is -1.47. The number of hydrogen-bond donors (Lipinski definition) is 5. The van der Waals surface area contributed by atoms with Gasteiger partial charge in [-0.05, 0) is 13.0 Å². The molecule has 0 aromatic heterocycles. The fraction of sp³-hybridized carbons (Fsp3) is 0.481. The van der Waals surface area contributed by atoms with Crippen molar-refractivity contribution in [3.05, 3.63) is 51.6 Å².